The summed E-state index contributed by atoms with van der Waals surface area (Å²) in [5.74, 6) is 5.57. The van der Waals surface area contributed by atoms with Crippen molar-refractivity contribution in [2.24, 2.45) is 5.73 Å². The second-order valence-corrected chi connectivity index (χ2v) is 4.53. The molecule has 2 rings (SSSR count). The summed E-state index contributed by atoms with van der Waals surface area (Å²) in [7, 11) is 0. The third-order valence-electron chi connectivity index (χ3n) is 3.02. The zero-order chi connectivity index (χ0) is 15.1. The average molecular weight is 279 g/mol. The first kappa shape index (κ1) is 14.8. The molecule has 4 nitrogen and oxygen atoms in total. The molecule has 2 aromatic rings. The number of aromatic nitrogens is 1. The van der Waals surface area contributed by atoms with E-state index in [9.17, 15) is 4.79 Å². The molecule has 1 heterocycles. The third kappa shape index (κ3) is 4.16. The number of carbonyl (C=O) groups is 1. The minimum atomic E-state index is -0.126. The van der Waals surface area contributed by atoms with Crippen LogP contribution in [0.2, 0.25) is 0 Å². The molecule has 0 unspecified atom stereocenters. The zero-order valence-electron chi connectivity index (χ0n) is 11.9. The number of rotatable bonds is 3. The van der Waals surface area contributed by atoms with Gasteiger partial charge in [0.25, 0.3) is 5.91 Å². The Labute approximate surface area is 124 Å². The highest BCUT2D eigenvalue weighted by Crippen LogP contribution is 2.05. The van der Waals surface area contributed by atoms with Crippen LogP contribution >= 0.6 is 0 Å². The van der Waals surface area contributed by atoms with Gasteiger partial charge in [0.2, 0.25) is 0 Å². The maximum atomic E-state index is 12.1. The minimum absolute atomic E-state index is 0.126. The number of nitrogens with one attached hydrogen (secondary N) is 1. The molecule has 21 heavy (non-hydrogen) atoms. The second kappa shape index (κ2) is 7.22. The standard InChI is InChI=1S/C17H17N3O/c1-13-4-3-11-19-16(13)12-20-17(21)15-8-6-14(7-9-15)5-2-10-18/h3-4,6-9,11H,10,12,18H2,1H3,(H,20,21). The summed E-state index contributed by atoms with van der Waals surface area (Å²) in [5, 5.41) is 2.86. The fourth-order valence-corrected chi connectivity index (χ4v) is 1.83. The number of nitrogens with two attached hydrogens (primary N) is 1. The lowest BCUT2D eigenvalue weighted by molar-refractivity contribution is 0.0950. The van der Waals surface area contributed by atoms with Gasteiger partial charge in [-0.3, -0.25) is 9.78 Å². The van der Waals surface area contributed by atoms with Crippen molar-refractivity contribution >= 4 is 5.91 Å². The molecule has 3 N–H and O–H groups in total. The zero-order valence-corrected chi connectivity index (χ0v) is 11.9. The number of hydrogen-bond donors (Lipinski definition) is 2. The highest BCUT2D eigenvalue weighted by atomic mass is 16.1. The lowest BCUT2D eigenvalue weighted by atomic mass is 10.1. The van der Waals surface area contributed by atoms with Gasteiger partial charge in [0.15, 0.2) is 0 Å². The Bertz CT molecular complexity index is 681. The number of carbonyl (C=O) groups excluding carboxylic acids is 1. The SMILES string of the molecule is Cc1cccnc1CNC(=O)c1ccc(C#CCN)cc1. The van der Waals surface area contributed by atoms with Crippen LogP contribution in [-0.4, -0.2) is 17.4 Å². The lowest BCUT2D eigenvalue weighted by Gasteiger charge is -2.07. The number of pyridine rings is 1. The fraction of sp³-hybridized carbons (Fsp3) is 0.176. The van der Waals surface area contributed by atoms with E-state index >= 15 is 0 Å². The first-order valence-electron chi connectivity index (χ1n) is 6.68. The summed E-state index contributed by atoms with van der Waals surface area (Å²) in [4.78, 5) is 16.3. The highest BCUT2D eigenvalue weighted by Gasteiger charge is 2.06. The molecule has 1 aromatic carbocycles. The Morgan fingerprint density at radius 3 is 2.71 bits per heavy atom. The quantitative estimate of drug-likeness (QED) is 0.839. The fourth-order valence-electron chi connectivity index (χ4n) is 1.83. The van der Waals surface area contributed by atoms with Crippen molar-refractivity contribution in [1.29, 1.82) is 0 Å². The average Bonchev–Trinajstić information content (AvgIpc) is 2.52. The normalized spacial score (nSPS) is 9.62. The van der Waals surface area contributed by atoms with E-state index in [4.69, 9.17) is 5.73 Å². The van der Waals surface area contributed by atoms with E-state index in [0.29, 0.717) is 18.7 Å². The highest BCUT2D eigenvalue weighted by molar-refractivity contribution is 5.94. The monoisotopic (exact) mass is 279 g/mol. The largest absolute Gasteiger partial charge is 0.346 e. The summed E-state index contributed by atoms with van der Waals surface area (Å²) in [6, 6.07) is 11.0. The summed E-state index contributed by atoms with van der Waals surface area (Å²) >= 11 is 0. The van der Waals surface area contributed by atoms with Crippen molar-refractivity contribution in [2.75, 3.05) is 6.54 Å². The molecule has 0 aliphatic carbocycles. The van der Waals surface area contributed by atoms with Gasteiger partial charge in [-0.1, -0.05) is 17.9 Å². The molecule has 106 valence electrons. The smallest absolute Gasteiger partial charge is 0.251 e. The van der Waals surface area contributed by atoms with Crippen molar-refractivity contribution in [1.82, 2.24) is 10.3 Å². The maximum absolute atomic E-state index is 12.1. The third-order valence-corrected chi connectivity index (χ3v) is 3.02. The van der Waals surface area contributed by atoms with E-state index in [1.54, 1.807) is 18.3 Å². The lowest BCUT2D eigenvalue weighted by Crippen LogP contribution is -2.23. The molecule has 1 aromatic heterocycles. The Balaban J connectivity index is 1.99. The predicted molar refractivity (Wildman–Crippen MR) is 82.5 cm³/mol. The number of benzene rings is 1. The maximum Gasteiger partial charge on any atom is 0.251 e. The van der Waals surface area contributed by atoms with Gasteiger partial charge in [0, 0.05) is 17.3 Å². The van der Waals surface area contributed by atoms with Gasteiger partial charge < -0.3 is 11.1 Å². The number of amides is 1. The molecule has 0 saturated carbocycles. The first-order chi connectivity index (χ1) is 10.2. The van der Waals surface area contributed by atoms with Gasteiger partial charge in [0.1, 0.15) is 0 Å². The molecular formula is C17H17N3O. The molecule has 0 spiro atoms. The van der Waals surface area contributed by atoms with E-state index in [1.165, 1.54) is 0 Å². The van der Waals surface area contributed by atoms with Gasteiger partial charge in [-0.15, -0.1) is 0 Å². The van der Waals surface area contributed by atoms with Crippen LogP contribution in [0.3, 0.4) is 0 Å². The summed E-state index contributed by atoms with van der Waals surface area (Å²) < 4.78 is 0. The summed E-state index contributed by atoms with van der Waals surface area (Å²) in [5.41, 5.74) is 8.69. The summed E-state index contributed by atoms with van der Waals surface area (Å²) in [6.07, 6.45) is 1.72. The molecule has 0 aliphatic rings. The number of nitrogens with zero attached hydrogens (tertiary/aromatic N) is 1. The topological polar surface area (TPSA) is 68.0 Å². The molecule has 0 bridgehead atoms. The van der Waals surface area contributed by atoms with Crippen molar-refractivity contribution in [3.8, 4) is 11.8 Å². The van der Waals surface area contributed by atoms with Crippen molar-refractivity contribution in [2.45, 2.75) is 13.5 Å². The Kier molecular flexibility index (Phi) is 5.08. The van der Waals surface area contributed by atoms with Gasteiger partial charge in [-0.05, 0) is 42.8 Å². The number of hydrogen-bond acceptors (Lipinski definition) is 3. The Morgan fingerprint density at radius 1 is 1.29 bits per heavy atom. The Morgan fingerprint density at radius 2 is 2.05 bits per heavy atom. The van der Waals surface area contributed by atoms with E-state index in [-0.39, 0.29) is 5.91 Å². The van der Waals surface area contributed by atoms with Crippen LogP contribution in [0.25, 0.3) is 0 Å². The number of aryl methyl sites for hydroxylation is 1. The Hall–Kier alpha value is -2.64. The predicted octanol–water partition coefficient (Wildman–Crippen LogP) is 1.63. The van der Waals surface area contributed by atoms with Crippen LogP contribution in [-0.2, 0) is 6.54 Å². The second-order valence-electron chi connectivity index (χ2n) is 4.53. The molecule has 0 saturated heterocycles. The van der Waals surface area contributed by atoms with Crippen molar-refractivity contribution in [3.63, 3.8) is 0 Å². The minimum Gasteiger partial charge on any atom is -0.346 e. The molecule has 0 radical (unpaired) electrons. The van der Waals surface area contributed by atoms with E-state index in [2.05, 4.69) is 22.1 Å². The first-order valence-corrected chi connectivity index (χ1v) is 6.68. The molecule has 0 fully saturated rings. The van der Waals surface area contributed by atoms with E-state index in [0.717, 1.165) is 16.8 Å². The van der Waals surface area contributed by atoms with Gasteiger partial charge in [-0.25, -0.2) is 0 Å². The molecular weight excluding hydrogens is 262 g/mol. The van der Waals surface area contributed by atoms with Gasteiger partial charge >= 0.3 is 0 Å². The van der Waals surface area contributed by atoms with Crippen molar-refractivity contribution in [3.05, 3.63) is 65.0 Å². The molecule has 0 aliphatic heterocycles. The van der Waals surface area contributed by atoms with Crippen LogP contribution in [0.4, 0.5) is 0 Å². The van der Waals surface area contributed by atoms with Gasteiger partial charge in [0.05, 0.1) is 18.8 Å². The molecule has 0 atom stereocenters. The van der Waals surface area contributed by atoms with Crippen LogP contribution in [0.5, 0.6) is 0 Å². The summed E-state index contributed by atoms with van der Waals surface area (Å²) in [6.45, 7) is 2.71. The molecule has 1 amide bonds. The van der Waals surface area contributed by atoms with Crippen LogP contribution < -0.4 is 11.1 Å². The van der Waals surface area contributed by atoms with Crippen LogP contribution in [0.1, 0.15) is 27.2 Å². The van der Waals surface area contributed by atoms with Crippen LogP contribution in [0.15, 0.2) is 42.6 Å². The van der Waals surface area contributed by atoms with Gasteiger partial charge in [-0.2, -0.15) is 0 Å². The van der Waals surface area contributed by atoms with Crippen LogP contribution in [0, 0.1) is 18.8 Å². The van der Waals surface area contributed by atoms with E-state index in [1.807, 2.05) is 31.2 Å². The van der Waals surface area contributed by atoms with E-state index < -0.39 is 0 Å². The molecule has 4 heteroatoms. The van der Waals surface area contributed by atoms with Crippen molar-refractivity contribution < 1.29 is 4.79 Å².